The Hall–Kier alpha value is -4.05. The number of hydrogen-bond acceptors (Lipinski definition) is 6. The number of aromatic nitrogens is 3. The number of carbonyl (C=O) groups excluding carboxylic acids is 2. The summed E-state index contributed by atoms with van der Waals surface area (Å²) in [6, 6.07) is 10.4. The van der Waals surface area contributed by atoms with Crippen LogP contribution in [0.25, 0.3) is 11.1 Å². The van der Waals surface area contributed by atoms with E-state index in [9.17, 15) is 9.59 Å². The number of anilines is 2. The average molecular weight is 585 g/mol. The number of hydrogen-bond donors (Lipinski definition) is 1. The number of nitrogens with one attached hydrogen (secondary N) is 1. The van der Waals surface area contributed by atoms with Gasteiger partial charge in [0.05, 0.1) is 18.6 Å². The maximum atomic E-state index is 15.6. The summed E-state index contributed by atoms with van der Waals surface area (Å²) in [4.78, 5) is 40.2. The summed E-state index contributed by atoms with van der Waals surface area (Å²) in [5.41, 5.74) is 4.74. The Labute approximate surface area is 248 Å². The van der Waals surface area contributed by atoms with Crippen LogP contribution in [0.15, 0.2) is 54.3 Å². The zero-order valence-electron chi connectivity index (χ0n) is 23.6. The van der Waals surface area contributed by atoms with Gasteiger partial charge in [-0.05, 0) is 67.0 Å². The Morgan fingerprint density at radius 1 is 1.12 bits per heavy atom. The number of piperidine rings is 1. The van der Waals surface area contributed by atoms with Crippen LogP contribution in [0.4, 0.5) is 15.2 Å². The molecule has 0 aliphatic carbocycles. The lowest BCUT2D eigenvalue weighted by atomic mass is 9.94. The predicted octanol–water partition coefficient (Wildman–Crippen LogP) is 6.05. The highest BCUT2D eigenvalue weighted by Gasteiger charge is 2.42. The first kappa shape index (κ1) is 26.8. The molecule has 0 spiro atoms. The quantitative estimate of drug-likeness (QED) is 0.286. The third kappa shape index (κ3) is 4.77. The van der Waals surface area contributed by atoms with Gasteiger partial charge in [-0.25, -0.2) is 14.4 Å². The van der Waals surface area contributed by atoms with Crippen LogP contribution in [-0.4, -0.2) is 44.3 Å². The maximum Gasteiger partial charge on any atom is 0.255 e. The molecule has 0 saturated carbocycles. The molecule has 0 radical (unpaired) electrons. The molecule has 2 aromatic heterocycles. The number of thiazole rings is 1. The van der Waals surface area contributed by atoms with Gasteiger partial charge >= 0.3 is 0 Å². The molecule has 1 fully saturated rings. The summed E-state index contributed by atoms with van der Waals surface area (Å²) in [7, 11) is 0. The van der Waals surface area contributed by atoms with Crippen LogP contribution in [0.3, 0.4) is 0 Å². The third-order valence-corrected chi connectivity index (χ3v) is 9.73. The lowest BCUT2D eigenvalue weighted by Crippen LogP contribution is -2.38. The van der Waals surface area contributed by atoms with Gasteiger partial charge in [0.25, 0.3) is 11.8 Å². The fourth-order valence-corrected chi connectivity index (χ4v) is 7.16. The van der Waals surface area contributed by atoms with E-state index in [4.69, 9.17) is 0 Å². The molecule has 5 heterocycles. The van der Waals surface area contributed by atoms with Crippen molar-refractivity contribution in [2.75, 3.05) is 23.3 Å². The van der Waals surface area contributed by atoms with E-state index < -0.39 is 17.8 Å². The predicted molar refractivity (Wildman–Crippen MR) is 161 cm³/mol. The molecule has 1 atom stereocenters. The van der Waals surface area contributed by atoms with Crippen LogP contribution in [0, 0.1) is 11.7 Å². The highest BCUT2D eigenvalue weighted by Crippen LogP contribution is 2.38. The number of nitrogens with zero attached hydrogens (tertiary/aromatic N) is 5. The average Bonchev–Trinajstić information content (AvgIpc) is 3.82. The summed E-state index contributed by atoms with van der Waals surface area (Å²) in [5.74, 6) is -0.420. The van der Waals surface area contributed by atoms with Gasteiger partial charge in [0.15, 0.2) is 11.2 Å². The summed E-state index contributed by atoms with van der Waals surface area (Å²) < 4.78 is 17.7. The fraction of sp³-hybridized carbons (Fsp3) is 0.375. The second kappa shape index (κ2) is 11.0. The highest BCUT2D eigenvalue weighted by atomic mass is 32.1. The largest absolute Gasteiger partial charge is 0.372 e. The number of amides is 2. The molecule has 1 saturated heterocycles. The normalized spacial score (nSPS) is 17.4. The first-order valence-corrected chi connectivity index (χ1v) is 15.6. The van der Waals surface area contributed by atoms with Crippen LogP contribution in [-0.2, 0) is 24.3 Å². The van der Waals surface area contributed by atoms with Crippen molar-refractivity contribution < 1.29 is 14.0 Å². The molecule has 4 aromatic rings. The molecule has 3 aliphatic rings. The van der Waals surface area contributed by atoms with E-state index in [0.29, 0.717) is 27.5 Å². The number of benzene rings is 2. The molecule has 216 valence electrons. The van der Waals surface area contributed by atoms with Crippen molar-refractivity contribution in [3.8, 4) is 11.1 Å². The van der Waals surface area contributed by atoms with Crippen LogP contribution in [0.2, 0.25) is 0 Å². The number of fused-ring (bicyclic) bond motifs is 2. The molecule has 10 heteroatoms. The number of carbonyl (C=O) groups is 2. The first-order chi connectivity index (χ1) is 20.5. The summed E-state index contributed by atoms with van der Waals surface area (Å²) >= 11 is 1.30. The molecular weight excluding hydrogens is 551 g/mol. The Morgan fingerprint density at radius 3 is 2.67 bits per heavy atom. The van der Waals surface area contributed by atoms with Gasteiger partial charge in [-0.3, -0.25) is 14.9 Å². The van der Waals surface area contributed by atoms with E-state index in [1.165, 1.54) is 47.3 Å². The third-order valence-electron chi connectivity index (χ3n) is 9.05. The molecule has 7 rings (SSSR count). The maximum absolute atomic E-state index is 15.6. The molecule has 2 amide bonds. The van der Waals surface area contributed by atoms with E-state index >= 15 is 4.39 Å². The van der Waals surface area contributed by atoms with Gasteiger partial charge in [-0.15, -0.1) is 11.3 Å². The topological polar surface area (TPSA) is 83.4 Å². The van der Waals surface area contributed by atoms with Gasteiger partial charge < -0.3 is 14.4 Å². The molecule has 3 aliphatic heterocycles. The van der Waals surface area contributed by atoms with Crippen LogP contribution in [0.1, 0.15) is 66.0 Å². The van der Waals surface area contributed by atoms with Gasteiger partial charge in [0, 0.05) is 53.7 Å². The highest BCUT2D eigenvalue weighted by molar-refractivity contribution is 7.13. The van der Waals surface area contributed by atoms with Crippen LogP contribution >= 0.6 is 11.3 Å². The van der Waals surface area contributed by atoms with E-state index in [2.05, 4.69) is 39.2 Å². The number of rotatable bonds is 7. The van der Waals surface area contributed by atoms with E-state index in [1.54, 1.807) is 24.0 Å². The standard InChI is InChI=1S/C32H33FN6O2S/c1-2-20-9-13-37(14-10-20)23-7-5-21(6-8-23)22-16-24-25(26(33)17-22)18-39(31(24)41)29(30(40)36-32-34-11-15-42-32)28-27-4-3-12-38(27)19-35-28/h5-8,11,15-17,19-20,29H,2-4,9-10,12-14,18H2,1H3,(H,34,36,40). The van der Waals surface area contributed by atoms with Crippen molar-refractivity contribution >= 4 is 34.0 Å². The SMILES string of the molecule is CCC1CCN(c2ccc(-c3cc(F)c4c(c3)C(=O)N(C(C(=O)Nc3nccs3)c3ncn5c3CCC5)C4)cc2)CC1. The van der Waals surface area contributed by atoms with Crippen molar-refractivity contribution in [2.45, 2.75) is 58.2 Å². The molecule has 2 aromatic carbocycles. The van der Waals surface area contributed by atoms with Crippen molar-refractivity contribution in [3.63, 3.8) is 0 Å². The molecule has 42 heavy (non-hydrogen) atoms. The van der Waals surface area contributed by atoms with Gasteiger partial charge in [0.2, 0.25) is 0 Å². The molecule has 1 unspecified atom stereocenters. The van der Waals surface area contributed by atoms with Crippen molar-refractivity contribution in [1.29, 1.82) is 0 Å². The zero-order valence-corrected chi connectivity index (χ0v) is 24.4. The molecule has 1 N–H and O–H groups in total. The minimum absolute atomic E-state index is 0.00477. The van der Waals surface area contributed by atoms with E-state index in [-0.39, 0.29) is 12.5 Å². The van der Waals surface area contributed by atoms with E-state index in [0.717, 1.165) is 49.7 Å². The molecule has 0 bridgehead atoms. The molecular formula is C32H33FN6O2S. The van der Waals surface area contributed by atoms with Gasteiger partial charge in [0.1, 0.15) is 5.82 Å². The fourth-order valence-electron chi connectivity index (χ4n) is 6.63. The first-order valence-electron chi connectivity index (χ1n) is 14.7. The summed E-state index contributed by atoms with van der Waals surface area (Å²) in [6.45, 7) is 5.18. The van der Waals surface area contributed by atoms with Crippen LogP contribution in [0.5, 0.6) is 0 Å². The lowest BCUT2D eigenvalue weighted by Gasteiger charge is -2.33. The Balaban J connectivity index is 1.17. The zero-order chi connectivity index (χ0) is 28.8. The summed E-state index contributed by atoms with van der Waals surface area (Å²) in [5, 5.41) is 5.06. The minimum Gasteiger partial charge on any atom is -0.372 e. The van der Waals surface area contributed by atoms with Crippen molar-refractivity contribution in [3.05, 3.63) is 82.6 Å². The lowest BCUT2D eigenvalue weighted by molar-refractivity contribution is -0.121. The van der Waals surface area contributed by atoms with E-state index in [1.807, 2.05) is 16.7 Å². The number of imidazole rings is 1. The minimum atomic E-state index is -0.998. The Morgan fingerprint density at radius 2 is 1.93 bits per heavy atom. The van der Waals surface area contributed by atoms with Crippen molar-refractivity contribution in [1.82, 2.24) is 19.4 Å². The number of aryl methyl sites for hydroxylation is 1. The van der Waals surface area contributed by atoms with Crippen molar-refractivity contribution in [2.24, 2.45) is 5.92 Å². The smallest absolute Gasteiger partial charge is 0.255 e. The Kier molecular flexibility index (Phi) is 7.01. The number of halogens is 1. The monoisotopic (exact) mass is 584 g/mol. The molecule has 8 nitrogen and oxygen atoms in total. The second-order valence-electron chi connectivity index (χ2n) is 11.4. The van der Waals surface area contributed by atoms with Gasteiger partial charge in [-0.2, -0.15) is 0 Å². The summed E-state index contributed by atoms with van der Waals surface area (Å²) in [6.07, 6.45) is 8.70. The van der Waals surface area contributed by atoms with Gasteiger partial charge in [-0.1, -0.05) is 25.5 Å². The Bertz CT molecular complexity index is 1630. The van der Waals surface area contributed by atoms with Crippen LogP contribution < -0.4 is 10.2 Å². The second-order valence-corrected chi connectivity index (χ2v) is 12.3.